The number of carbonyl (C=O) groups is 1. The molecule has 128 valence electrons. The number of rotatable bonds is 4. The van der Waals surface area contributed by atoms with Crippen LogP contribution in [-0.4, -0.2) is 21.0 Å². The predicted octanol–water partition coefficient (Wildman–Crippen LogP) is 3.69. The standard InChI is InChI=1S/C18H19N5O2/c1-10-5-6-11(2)14(7-10)20-17(24)15-8-12(3)19-18(21-15)22-16-9-13(4)25-23-16/h5-9H,1-4H3,(H,20,24)(H,19,21,22,23). The van der Waals surface area contributed by atoms with Gasteiger partial charge in [0.2, 0.25) is 5.95 Å². The number of amides is 1. The van der Waals surface area contributed by atoms with E-state index in [0.29, 0.717) is 23.2 Å². The largest absolute Gasteiger partial charge is 0.360 e. The van der Waals surface area contributed by atoms with Gasteiger partial charge in [0, 0.05) is 17.4 Å². The van der Waals surface area contributed by atoms with Gasteiger partial charge in [0.05, 0.1) is 0 Å². The highest BCUT2D eigenvalue weighted by atomic mass is 16.5. The third-order valence-electron chi connectivity index (χ3n) is 3.60. The number of anilines is 3. The molecule has 0 fully saturated rings. The summed E-state index contributed by atoms with van der Waals surface area (Å²) in [5.74, 6) is 1.16. The molecule has 0 aliphatic rings. The van der Waals surface area contributed by atoms with E-state index in [1.165, 1.54) is 0 Å². The Bertz CT molecular complexity index is 933. The molecule has 1 amide bonds. The van der Waals surface area contributed by atoms with Crippen LogP contribution in [0.3, 0.4) is 0 Å². The Labute approximate surface area is 145 Å². The van der Waals surface area contributed by atoms with Gasteiger partial charge in [-0.05, 0) is 51.0 Å². The Hall–Kier alpha value is -3.22. The highest BCUT2D eigenvalue weighted by molar-refractivity contribution is 6.03. The van der Waals surface area contributed by atoms with Crippen LogP contribution in [0.5, 0.6) is 0 Å². The van der Waals surface area contributed by atoms with Crippen molar-refractivity contribution in [1.82, 2.24) is 15.1 Å². The van der Waals surface area contributed by atoms with Gasteiger partial charge in [-0.15, -0.1) is 0 Å². The van der Waals surface area contributed by atoms with Gasteiger partial charge in [-0.25, -0.2) is 9.97 Å². The maximum absolute atomic E-state index is 12.6. The number of carbonyl (C=O) groups excluding carboxylic acids is 1. The first kappa shape index (κ1) is 16.6. The number of hydrogen-bond acceptors (Lipinski definition) is 6. The second-order valence-corrected chi connectivity index (χ2v) is 5.94. The number of hydrogen-bond donors (Lipinski definition) is 2. The van der Waals surface area contributed by atoms with Crippen molar-refractivity contribution < 1.29 is 9.32 Å². The van der Waals surface area contributed by atoms with E-state index in [1.807, 2.05) is 32.0 Å². The van der Waals surface area contributed by atoms with Gasteiger partial charge in [0.15, 0.2) is 5.82 Å². The lowest BCUT2D eigenvalue weighted by molar-refractivity contribution is 0.102. The molecule has 1 aromatic carbocycles. The Kier molecular flexibility index (Phi) is 4.47. The molecule has 0 saturated carbocycles. The third kappa shape index (κ3) is 4.00. The molecule has 2 N–H and O–H groups in total. The Balaban J connectivity index is 1.83. The van der Waals surface area contributed by atoms with E-state index in [-0.39, 0.29) is 11.6 Å². The minimum absolute atomic E-state index is 0.274. The minimum atomic E-state index is -0.293. The highest BCUT2D eigenvalue weighted by Crippen LogP contribution is 2.18. The molecule has 7 nitrogen and oxygen atoms in total. The van der Waals surface area contributed by atoms with E-state index in [4.69, 9.17) is 4.52 Å². The Morgan fingerprint density at radius 3 is 2.56 bits per heavy atom. The molecule has 0 radical (unpaired) electrons. The predicted molar refractivity (Wildman–Crippen MR) is 95.2 cm³/mol. The molecule has 3 rings (SSSR count). The monoisotopic (exact) mass is 337 g/mol. The van der Waals surface area contributed by atoms with Crippen LogP contribution in [0, 0.1) is 27.7 Å². The third-order valence-corrected chi connectivity index (χ3v) is 3.60. The number of aryl methyl sites for hydroxylation is 4. The topological polar surface area (TPSA) is 92.9 Å². The van der Waals surface area contributed by atoms with Gasteiger partial charge < -0.3 is 15.2 Å². The summed E-state index contributed by atoms with van der Waals surface area (Å²) in [7, 11) is 0. The number of nitrogens with zero attached hydrogens (tertiary/aromatic N) is 3. The molecule has 2 aromatic heterocycles. The number of aromatic nitrogens is 3. The summed E-state index contributed by atoms with van der Waals surface area (Å²) >= 11 is 0. The van der Waals surface area contributed by atoms with Gasteiger partial charge in [0.25, 0.3) is 5.91 Å². The molecular formula is C18H19N5O2. The first-order chi connectivity index (χ1) is 11.9. The van der Waals surface area contributed by atoms with Crippen LogP contribution >= 0.6 is 0 Å². The van der Waals surface area contributed by atoms with Crippen LogP contribution in [0.15, 0.2) is 34.9 Å². The average molecular weight is 337 g/mol. The van der Waals surface area contributed by atoms with Gasteiger partial charge in [0.1, 0.15) is 11.5 Å². The SMILES string of the molecule is Cc1ccc(C)c(NC(=O)c2cc(C)nc(Nc3cc(C)on3)n2)c1. The summed E-state index contributed by atoms with van der Waals surface area (Å²) < 4.78 is 5.00. The first-order valence-corrected chi connectivity index (χ1v) is 7.85. The number of benzene rings is 1. The van der Waals surface area contributed by atoms with Crippen molar-refractivity contribution in [3.63, 3.8) is 0 Å². The van der Waals surface area contributed by atoms with Crippen LogP contribution in [0.25, 0.3) is 0 Å². The zero-order chi connectivity index (χ0) is 18.0. The summed E-state index contributed by atoms with van der Waals surface area (Å²) in [5, 5.41) is 9.67. The summed E-state index contributed by atoms with van der Waals surface area (Å²) in [4.78, 5) is 21.1. The maximum atomic E-state index is 12.6. The second-order valence-electron chi connectivity index (χ2n) is 5.94. The molecule has 0 saturated heterocycles. The second kappa shape index (κ2) is 6.72. The quantitative estimate of drug-likeness (QED) is 0.754. The van der Waals surface area contributed by atoms with Crippen molar-refractivity contribution in [2.75, 3.05) is 10.6 Å². The lowest BCUT2D eigenvalue weighted by atomic mass is 10.1. The lowest BCUT2D eigenvalue weighted by Gasteiger charge is -2.10. The molecule has 25 heavy (non-hydrogen) atoms. The Morgan fingerprint density at radius 2 is 1.84 bits per heavy atom. The summed E-state index contributed by atoms with van der Waals surface area (Å²) in [6.45, 7) is 7.51. The zero-order valence-electron chi connectivity index (χ0n) is 14.5. The zero-order valence-corrected chi connectivity index (χ0v) is 14.5. The number of nitrogens with one attached hydrogen (secondary N) is 2. The summed E-state index contributed by atoms with van der Waals surface area (Å²) in [5.41, 5.74) is 3.77. The molecule has 0 spiro atoms. The van der Waals surface area contributed by atoms with Crippen LogP contribution in [0.4, 0.5) is 17.5 Å². The van der Waals surface area contributed by atoms with Crippen LogP contribution in [0.2, 0.25) is 0 Å². The minimum Gasteiger partial charge on any atom is -0.360 e. The highest BCUT2D eigenvalue weighted by Gasteiger charge is 2.13. The van der Waals surface area contributed by atoms with Gasteiger partial charge in [-0.3, -0.25) is 4.79 Å². The van der Waals surface area contributed by atoms with Crippen molar-refractivity contribution in [3.8, 4) is 0 Å². The Morgan fingerprint density at radius 1 is 1.04 bits per heavy atom. The van der Waals surface area contributed by atoms with E-state index in [9.17, 15) is 4.79 Å². The molecular weight excluding hydrogens is 318 g/mol. The van der Waals surface area contributed by atoms with E-state index in [0.717, 1.165) is 16.8 Å². The van der Waals surface area contributed by atoms with E-state index < -0.39 is 0 Å². The van der Waals surface area contributed by atoms with Gasteiger partial charge >= 0.3 is 0 Å². The van der Waals surface area contributed by atoms with Crippen LogP contribution in [-0.2, 0) is 0 Å². The van der Waals surface area contributed by atoms with Crippen molar-refractivity contribution in [3.05, 3.63) is 58.6 Å². The summed E-state index contributed by atoms with van der Waals surface area (Å²) in [6, 6.07) is 9.26. The average Bonchev–Trinajstić information content (AvgIpc) is 2.95. The lowest BCUT2D eigenvalue weighted by Crippen LogP contribution is -2.16. The maximum Gasteiger partial charge on any atom is 0.274 e. The fourth-order valence-corrected chi connectivity index (χ4v) is 2.34. The molecule has 0 unspecified atom stereocenters. The fourth-order valence-electron chi connectivity index (χ4n) is 2.34. The molecule has 3 aromatic rings. The van der Waals surface area contributed by atoms with Crippen molar-refractivity contribution in [2.45, 2.75) is 27.7 Å². The van der Waals surface area contributed by atoms with Crippen molar-refractivity contribution in [1.29, 1.82) is 0 Å². The first-order valence-electron chi connectivity index (χ1n) is 7.85. The van der Waals surface area contributed by atoms with Crippen LogP contribution in [0.1, 0.15) is 33.1 Å². The smallest absolute Gasteiger partial charge is 0.274 e. The van der Waals surface area contributed by atoms with Crippen molar-refractivity contribution >= 4 is 23.4 Å². The normalized spacial score (nSPS) is 10.6. The van der Waals surface area contributed by atoms with E-state index in [2.05, 4.69) is 25.8 Å². The molecule has 0 aliphatic carbocycles. The fraction of sp³-hybridized carbons (Fsp3) is 0.222. The van der Waals surface area contributed by atoms with E-state index in [1.54, 1.807) is 26.0 Å². The van der Waals surface area contributed by atoms with Gasteiger partial charge in [-0.2, -0.15) is 0 Å². The molecule has 0 aliphatic heterocycles. The molecule has 0 atom stereocenters. The van der Waals surface area contributed by atoms with Gasteiger partial charge in [-0.1, -0.05) is 17.3 Å². The molecule has 7 heteroatoms. The molecule has 0 bridgehead atoms. The summed E-state index contributed by atoms with van der Waals surface area (Å²) in [6.07, 6.45) is 0. The van der Waals surface area contributed by atoms with Crippen molar-refractivity contribution in [2.24, 2.45) is 0 Å². The molecule has 2 heterocycles. The van der Waals surface area contributed by atoms with E-state index >= 15 is 0 Å². The van der Waals surface area contributed by atoms with Crippen LogP contribution < -0.4 is 10.6 Å².